The normalized spacial score (nSPS) is 19.1. The van der Waals surface area contributed by atoms with Gasteiger partial charge in [-0.15, -0.1) is 0 Å². The summed E-state index contributed by atoms with van der Waals surface area (Å²) < 4.78 is 105. The van der Waals surface area contributed by atoms with Crippen LogP contribution >= 0.6 is 0 Å². The number of alkyl halides is 6. The molecule has 0 spiro atoms. The molecule has 2 aromatic carbocycles. The molecular formula is C19H15F6NO4S. The minimum Gasteiger partial charge on any atom is -0.495 e. The largest absolute Gasteiger partial charge is 0.501 e. The molecule has 0 aromatic heterocycles. The Kier molecular flexibility index (Phi) is 5.72. The third-order valence-corrected chi connectivity index (χ3v) is 6.32. The number of hydrogen-bond donors (Lipinski definition) is 1. The van der Waals surface area contributed by atoms with E-state index in [-0.39, 0.29) is 17.4 Å². The molecule has 1 aliphatic carbocycles. The van der Waals surface area contributed by atoms with Gasteiger partial charge in [-0.25, -0.2) is 8.42 Å². The number of rotatable bonds is 5. The lowest BCUT2D eigenvalue weighted by atomic mass is 10.1. The van der Waals surface area contributed by atoms with Crippen molar-refractivity contribution in [2.45, 2.75) is 28.9 Å². The maximum atomic E-state index is 12.8. The summed E-state index contributed by atoms with van der Waals surface area (Å²) in [5.74, 6) is -1.68. The molecule has 0 radical (unpaired) electrons. The molecule has 0 bridgehead atoms. The Labute approximate surface area is 172 Å². The minimum absolute atomic E-state index is 0.0544. The number of amides is 1. The van der Waals surface area contributed by atoms with Crippen molar-refractivity contribution in [2.24, 2.45) is 5.92 Å². The molecule has 31 heavy (non-hydrogen) atoms. The molecule has 2 unspecified atom stereocenters. The summed E-state index contributed by atoms with van der Waals surface area (Å²) in [6, 6.07) is 6.66. The molecule has 3 rings (SSSR count). The van der Waals surface area contributed by atoms with Crippen LogP contribution in [-0.2, 0) is 20.8 Å². The van der Waals surface area contributed by atoms with E-state index in [0.29, 0.717) is 24.1 Å². The zero-order valence-corrected chi connectivity index (χ0v) is 16.5. The quantitative estimate of drug-likeness (QED) is 0.645. The zero-order valence-electron chi connectivity index (χ0n) is 15.7. The molecular weight excluding hydrogens is 452 g/mol. The molecule has 0 heterocycles. The molecule has 168 valence electrons. The van der Waals surface area contributed by atoms with Crippen LogP contribution < -0.4 is 10.1 Å². The van der Waals surface area contributed by atoms with E-state index in [2.05, 4.69) is 5.32 Å². The Morgan fingerprint density at radius 1 is 1.03 bits per heavy atom. The number of hydrogen-bond acceptors (Lipinski definition) is 4. The highest BCUT2D eigenvalue weighted by molar-refractivity contribution is 7.92. The molecule has 1 N–H and O–H groups in total. The zero-order chi connectivity index (χ0) is 23.2. The van der Waals surface area contributed by atoms with Gasteiger partial charge in [-0.2, -0.15) is 26.3 Å². The van der Waals surface area contributed by atoms with Crippen molar-refractivity contribution in [2.75, 3.05) is 12.4 Å². The highest BCUT2D eigenvalue weighted by Gasteiger charge is 2.47. The molecule has 2 atom stereocenters. The van der Waals surface area contributed by atoms with Crippen LogP contribution in [0.25, 0.3) is 0 Å². The van der Waals surface area contributed by atoms with Crippen LogP contribution in [0.4, 0.5) is 32.0 Å². The molecule has 5 nitrogen and oxygen atoms in total. The number of benzene rings is 2. The van der Waals surface area contributed by atoms with E-state index >= 15 is 0 Å². The molecule has 1 saturated carbocycles. The number of carbonyl (C=O) groups is 1. The predicted octanol–water partition coefficient (Wildman–Crippen LogP) is 4.75. The van der Waals surface area contributed by atoms with Gasteiger partial charge in [0, 0.05) is 5.92 Å². The van der Waals surface area contributed by atoms with E-state index in [4.69, 9.17) is 4.74 Å². The van der Waals surface area contributed by atoms with Crippen LogP contribution in [0.15, 0.2) is 47.4 Å². The van der Waals surface area contributed by atoms with Crippen LogP contribution in [0.3, 0.4) is 0 Å². The van der Waals surface area contributed by atoms with Gasteiger partial charge in [0.1, 0.15) is 5.75 Å². The van der Waals surface area contributed by atoms with Crippen molar-refractivity contribution in [3.8, 4) is 5.75 Å². The third-order valence-electron chi connectivity index (χ3n) is 4.84. The van der Waals surface area contributed by atoms with Crippen LogP contribution in [0.2, 0.25) is 0 Å². The summed E-state index contributed by atoms with van der Waals surface area (Å²) in [5, 5.41) is 2.35. The molecule has 1 fully saturated rings. The highest BCUT2D eigenvalue weighted by Crippen LogP contribution is 2.49. The summed E-state index contributed by atoms with van der Waals surface area (Å²) in [7, 11) is -4.45. The smallest absolute Gasteiger partial charge is 0.495 e. The number of anilines is 1. The first-order valence-corrected chi connectivity index (χ1v) is 10.2. The highest BCUT2D eigenvalue weighted by atomic mass is 32.2. The first-order valence-electron chi connectivity index (χ1n) is 8.73. The number of ether oxygens (including phenoxy) is 1. The lowest BCUT2D eigenvalue weighted by molar-refractivity contribution is -0.137. The van der Waals surface area contributed by atoms with Crippen LogP contribution in [0.5, 0.6) is 5.75 Å². The number of sulfone groups is 1. The second kappa shape index (κ2) is 7.74. The Bertz CT molecular complexity index is 1090. The van der Waals surface area contributed by atoms with Crippen molar-refractivity contribution >= 4 is 21.4 Å². The van der Waals surface area contributed by atoms with Crippen LogP contribution in [-0.4, -0.2) is 26.9 Å². The molecule has 1 aliphatic rings. The molecule has 0 aliphatic heterocycles. The lowest BCUT2D eigenvalue weighted by Crippen LogP contribution is -2.23. The fourth-order valence-electron chi connectivity index (χ4n) is 3.08. The second-order valence-electron chi connectivity index (χ2n) is 6.87. The van der Waals surface area contributed by atoms with E-state index in [0.717, 1.165) is 18.2 Å². The monoisotopic (exact) mass is 467 g/mol. The average Bonchev–Trinajstić information content (AvgIpc) is 3.47. The van der Waals surface area contributed by atoms with Gasteiger partial charge >= 0.3 is 11.7 Å². The lowest BCUT2D eigenvalue weighted by Gasteiger charge is -2.13. The number of nitrogens with one attached hydrogen (secondary N) is 1. The molecule has 2 aromatic rings. The van der Waals surface area contributed by atoms with Gasteiger partial charge in [0.15, 0.2) is 0 Å². The number of carbonyl (C=O) groups excluding carboxylic acids is 1. The number of halogens is 6. The summed E-state index contributed by atoms with van der Waals surface area (Å²) in [5.41, 5.74) is -6.11. The van der Waals surface area contributed by atoms with E-state index in [9.17, 15) is 39.6 Å². The van der Waals surface area contributed by atoms with Gasteiger partial charge in [0.25, 0.3) is 9.84 Å². The van der Waals surface area contributed by atoms with Crippen LogP contribution in [0.1, 0.15) is 23.5 Å². The summed E-state index contributed by atoms with van der Waals surface area (Å²) in [6.45, 7) is 0. The van der Waals surface area contributed by atoms with E-state index in [1.54, 1.807) is 0 Å². The Balaban J connectivity index is 1.77. The van der Waals surface area contributed by atoms with Gasteiger partial charge in [-0.3, -0.25) is 4.79 Å². The van der Waals surface area contributed by atoms with Gasteiger partial charge < -0.3 is 10.1 Å². The predicted molar refractivity (Wildman–Crippen MR) is 97.2 cm³/mol. The summed E-state index contributed by atoms with van der Waals surface area (Å²) >= 11 is 0. The number of methoxy groups -OCH3 is 1. The third kappa shape index (κ3) is 4.63. The van der Waals surface area contributed by atoms with Crippen molar-refractivity contribution in [3.05, 3.63) is 53.6 Å². The van der Waals surface area contributed by atoms with Gasteiger partial charge in [-0.1, -0.05) is 12.1 Å². The first kappa shape index (κ1) is 22.9. The first-order chi connectivity index (χ1) is 14.3. The summed E-state index contributed by atoms with van der Waals surface area (Å²) in [4.78, 5) is 11.4. The van der Waals surface area contributed by atoms with Crippen molar-refractivity contribution < 1.29 is 44.3 Å². The van der Waals surface area contributed by atoms with Gasteiger partial charge in [0.2, 0.25) is 5.91 Å². The Hall–Kier alpha value is -2.76. The van der Waals surface area contributed by atoms with E-state index in [1.165, 1.54) is 19.2 Å². The Morgan fingerprint density at radius 2 is 1.65 bits per heavy atom. The molecule has 0 saturated heterocycles. The van der Waals surface area contributed by atoms with Crippen molar-refractivity contribution in [3.63, 3.8) is 0 Å². The maximum absolute atomic E-state index is 12.8. The average molecular weight is 467 g/mol. The van der Waals surface area contributed by atoms with E-state index < -0.39 is 43.8 Å². The second-order valence-corrected chi connectivity index (χ2v) is 8.81. The van der Waals surface area contributed by atoms with Crippen molar-refractivity contribution in [1.82, 2.24) is 0 Å². The molecule has 1 amide bonds. The Morgan fingerprint density at radius 3 is 2.16 bits per heavy atom. The maximum Gasteiger partial charge on any atom is 0.501 e. The topological polar surface area (TPSA) is 72.5 Å². The summed E-state index contributed by atoms with van der Waals surface area (Å²) in [6.07, 6.45) is -4.17. The minimum atomic E-state index is -5.63. The SMILES string of the molecule is COc1ccc(S(=O)(=O)C(F)(F)F)cc1NC(=O)C1CC1c1ccc(C(F)(F)F)cc1. The van der Waals surface area contributed by atoms with E-state index in [1.807, 2.05) is 0 Å². The molecule has 12 heteroatoms. The standard InChI is InChI=1S/C19H15F6NO4S/c1-30-16-7-6-12(31(28,29)19(23,24)25)8-15(16)26-17(27)14-9-13(14)10-2-4-11(5-3-10)18(20,21)22/h2-8,13-14H,9H2,1H3,(H,26,27). The van der Waals surface area contributed by atoms with Crippen LogP contribution in [0, 0.1) is 5.92 Å². The van der Waals surface area contributed by atoms with Gasteiger partial charge in [0.05, 0.1) is 23.3 Å². The fourth-order valence-corrected chi connectivity index (χ4v) is 3.87. The van der Waals surface area contributed by atoms with Crippen molar-refractivity contribution in [1.29, 1.82) is 0 Å². The van der Waals surface area contributed by atoms with Gasteiger partial charge in [-0.05, 0) is 48.2 Å². The fraction of sp³-hybridized carbons (Fsp3) is 0.316.